The Morgan fingerprint density at radius 1 is 1.14 bits per heavy atom. The smallest absolute Gasteiger partial charge is 0.329 e. The summed E-state index contributed by atoms with van der Waals surface area (Å²) < 4.78 is 0. The number of oxime groups is 1. The largest absolute Gasteiger partial charge is 0.480 e. The number of Topliss-reactive ketones (excluding diaryl/α,β-unsaturated/α-hetero) is 1. The molecule has 1 amide bonds. The van der Waals surface area contributed by atoms with Crippen LogP contribution in [0.25, 0.3) is 0 Å². The number of aliphatic hydroxyl groups is 1. The third kappa shape index (κ3) is 5.71. The van der Waals surface area contributed by atoms with Crippen LogP contribution in [-0.4, -0.2) is 51.2 Å². The van der Waals surface area contributed by atoms with Crippen LogP contribution in [0, 0.1) is 44.6 Å². The lowest BCUT2D eigenvalue weighted by molar-refractivity contribution is -0.385. The third-order valence-electron chi connectivity index (χ3n) is 11.2. The van der Waals surface area contributed by atoms with Crippen LogP contribution in [0.15, 0.2) is 41.1 Å². The van der Waals surface area contributed by atoms with Gasteiger partial charge >= 0.3 is 5.97 Å². The zero-order valence-corrected chi connectivity index (χ0v) is 25.0. The lowest BCUT2D eigenvalue weighted by Crippen LogP contribution is -2.51. The van der Waals surface area contributed by atoms with Crippen molar-refractivity contribution >= 4 is 29.1 Å². The predicted molar refractivity (Wildman–Crippen MR) is 157 cm³/mol. The van der Waals surface area contributed by atoms with E-state index in [9.17, 15) is 34.7 Å². The number of nitro groups is 1. The number of carbonyl (C=O) groups excluding carboxylic acids is 2. The molecule has 0 bridgehead atoms. The number of nitrogens with zero attached hydrogens (tertiary/aromatic N) is 2. The number of allylic oxidation sites excluding steroid dienone is 2. The quantitative estimate of drug-likeness (QED) is 0.272. The van der Waals surface area contributed by atoms with Crippen molar-refractivity contribution in [2.75, 3.05) is 6.61 Å². The van der Waals surface area contributed by atoms with Gasteiger partial charge in [0, 0.05) is 18.1 Å². The molecular weight excluding hydrogens is 554 g/mol. The number of aliphatic hydroxyl groups excluding tert-OH is 1. The Labute approximate surface area is 250 Å². The first-order valence-corrected chi connectivity index (χ1v) is 15.2. The van der Waals surface area contributed by atoms with Crippen molar-refractivity contribution in [3.05, 3.63) is 51.6 Å². The van der Waals surface area contributed by atoms with Gasteiger partial charge in [0.25, 0.3) is 11.6 Å². The van der Waals surface area contributed by atoms with Crippen molar-refractivity contribution in [2.45, 2.75) is 84.3 Å². The van der Waals surface area contributed by atoms with E-state index in [-0.39, 0.29) is 28.0 Å². The maximum atomic E-state index is 12.5. The Balaban J connectivity index is 1.20. The SMILES string of the molecule is CC(=O)[C@H]1CC[C@H]2[C@@H]3CCC4=C/C(=N\OCC(=O)N[C@H](C(=O)O)[C@@H](O)c5cccc([N+](=O)[O-])c5)CC[C@]4(C)[C@H]3CC[C@]12C. The summed E-state index contributed by atoms with van der Waals surface area (Å²) in [7, 11) is 0. The number of amides is 1. The number of carboxylic acid groups (broad SMARTS) is 1. The Kier molecular flexibility index (Phi) is 8.48. The Morgan fingerprint density at radius 2 is 1.91 bits per heavy atom. The minimum absolute atomic E-state index is 0.0103. The van der Waals surface area contributed by atoms with Gasteiger partial charge in [-0.1, -0.05) is 36.7 Å². The van der Waals surface area contributed by atoms with Crippen LogP contribution in [0.3, 0.4) is 0 Å². The number of nitro benzene ring substituents is 1. The van der Waals surface area contributed by atoms with Crippen LogP contribution in [0.2, 0.25) is 0 Å². The maximum absolute atomic E-state index is 12.5. The molecule has 232 valence electrons. The number of benzene rings is 1. The number of fused-ring (bicyclic) bond motifs is 5. The molecule has 0 saturated heterocycles. The molecule has 5 rings (SSSR count). The summed E-state index contributed by atoms with van der Waals surface area (Å²) in [6.07, 6.45) is 8.50. The molecule has 3 saturated carbocycles. The summed E-state index contributed by atoms with van der Waals surface area (Å²) in [5.41, 5.74) is 1.98. The molecule has 3 fully saturated rings. The normalized spacial score (nSPS) is 33.7. The molecule has 3 N–H and O–H groups in total. The van der Waals surface area contributed by atoms with Gasteiger partial charge < -0.3 is 20.4 Å². The number of ketones is 1. The van der Waals surface area contributed by atoms with E-state index in [1.807, 2.05) is 0 Å². The van der Waals surface area contributed by atoms with Crippen molar-refractivity contribution in [3.63, 3.8) is 0 Å². The van der Waals surface area contributed by atoms with Crippen LogP contribution in [0.4, 0.5) is 5.69 Å². The summed E-state index contributed by atoms with van der Waals surface area (Å²) in [6.45, 7) is 5.94. The van der Waals surface area contributed by atoms with Crippen LogP contribution in [0.1, 0.15) is 83.8 Å². The molecule has 11 heteroatoms. The number of hydrogen-bond acceptors (Lipinski definition) is 8. The van der Waals surface area contributed by atoms with Crippen LogP contribution in [-0.2, 0) is 19.2 Å². The van der Waals surface area contributed by atoms with Crippen molar-refractivity contribution in [1.82, 2.24) is 5.32 Å². The molecule has 11 nitrogen and oxygen atoms in total. The molecule has 0 aliphatic heterocycles. The molecule has 8 atom stereocenters. The van der Waals surface area contributed by atoms with Gasteiger partial charge in [0.2, 0.25) is 0 Å². The topological polar surface area (TPSA) is 168 Å². The minimum atomic E-state index is -1.73. The van der Waals surface area contributed by atoms with Gasteiger partial charge in [-0.05, 0) is 98.5 Å². The highest BCUT2D eigenvalue weighted by Crippen LogP contribution is 2.66. The van der Waals surface area contributed by atoms with Gasteiger partial charge in [-0.2, -0.15) is 0 Å². The highest BCUT2D eigenvalue weighted by Gasteiger charge is 2.59. The predicted octanol–water partition coefficient (Wildman–Crippen LogP) is 4.74. The summed E-state index contributed by atoms with van der Waals surface area (Å²) in [5.74, 6) is 0.0504. The minimum Gasteiger partial charge on any atom is -0.480 e. The van der Waals surface area contributed by atoms with E-state index in [0.717, 1.165) is 56.7 Å². The molecule has 4 aliphatic rings. The summed E-state index contributed by atoms with van der Waals surface area (Å²) >= 11 is 0. The standard InChI is InChI=1S/C32H41N3O8/c1-18(36)24-9-10-25-23-8-7-20-16-21(11-13-31(20,2)26(23)12-14-32(24,25)3)34-43-17-27(37)33-28(30(39)40)29(38)19-5-4-6-22(15-19)35(41)42/h4-6,15-16,23-26,28-29,38H,7-14,17H2,1-3H3,(H,33,37)(H,39,40)/b34-21-/t23-,24+,25-,26-,28-,29-,31-,32+/m0/s1. The zero-order chi connectivity index (χ0) is 31.1. The van der Waals surface area contributed by atoms with E-state index in [1.54, 1.807) is 6.92 Å². The van der Waals surface area contributed by atoms with E-state index >= 15 is 0 Å². The average Bonchev–Trinajstić information content (AvgIpc) is 3.33. The molecule has 1 aromatic carbocycles. The number of carboxylic acids is 1. The van der Waals surface area contributed by atoms with Crippen LogP contribution >= 0.6 is 0 Å². The molecule has 4 aliphatic carbocycles. The average molecular weight is 596 g/mol. The molecule has 0 heterocycles. The number of hydrogen-bond donors (Lipinski definition) is 3. The van der Waals surface area contributed by atoms with Gasteiger partial charge in [-0.15, -0.1) is 0 Å². The van der Waals surface area contributed by atoms with Crippen molar-refractivity contribution < 1.29 is 34.4 Å². The number of carbonyl (C=O) groups is 3. The molecule has 0 radical (unpaired) electrons. The maximum Gasteiger partial charge on any atom is 0.329 e. The first-order valence-electron chi connectivity index (χ1n) is 15.2. The Hall–Kier alpha value is -3.60. The van der Waals surface area contributed by atoms with Crippen molar-refractivity contribution in [2.24, 2.45) is 39.7 Å². The summed E-state index contributed by atoms with van der Waals surface area (Å²) in [4.78, 5) is 52.4. The van der Waals surface area contributed by atoms with E-state index in [0.29, 0.717) is 30.0 Å². The fourth-order valence-corrected chi connectivity index (χ4v) is 8.99. The number of non-ortho nitro benzene ring substituents is 1. The molecule has 0 unspecified atom stereocenters. The monoisotopic (exact) mass is 595 g/mol. The van der Waals surface area contributed by atoms with Crippen LogP contribution in [0.5, 0.6) is 0 Å². The Morgan fingerprint density at radius 3 is 2.60 bits per heavy atom. The highest BCUT2D eigenvalue weighted by atomic mass is 16.6. The second-order valence-corrected chi connectivity index (χ2v) is 13.3. The van der Waals surface area contributed by atoms with E-state index in [2.05, 4.69) is 30.4 Å². The lowest BCUT2D eigenvalue weighted by atomic mass is 9.46. The molecule has 1 aromatic rings. The fraction of sp³-hybridized carbons (Fsp3) is 0.625. The van der Waals surface area contributed by atoms with E-state index in [1.165, 1.54) is 23.8 Å². The number of aliphatic carboxylic acids is 1. The number of rotatable bonds is 9. The molecule has 43 heavy (non-hydrogen) atoms. The Bertz CT molecular complexity index is 1370. The second-order valence-electron chi connectivity index (χ2n) is 13.3. The third-order valence-corrected chi connectivity index (χ3v) is 11.2. The molecular formula is C32H41N3O8. The van der Waals surface area contributed by atoms with Gasteiger partial charge in [-0.25, -0.2) is 4.79 Å². The first kappa shape index (κ1) is 30.8. The molecule has 0 aromatic heterocycles. The lowest BCUT2D eigenvalue weighted by Gasteiger charge is -2.58. The fourth-order valence-electron chi connectivity index (χ4n) is 8.99. The first-order chi connectivity index (χ1) is 20.3. The highest BCUT2D eigenvalue weighted by molar-refractivity contribution is 5.96. The van der Waals surface area contributed by atoms with E-state index < -0.39 is 35.6 Å². The van der Waals surface area contributed by atoms with Gasteiger partial charge in [0.15, 0.2) is 12.6 Å². The van der Waals surface area contributed by atoms with E-state index in [4.69, 9.17) is 4.84 Å². The summed E-state index contributed by atoms with van der Waals surface area (Å²) in [5, 5.41) is 37.6. The van der Waals surface area contributed by atoms with Gasteiger partial charge in [-0.3, -0.25) is 19.7 Å². The van der Waals surface area contributed by atoms with Crippen LogP contribution < -0.4 is 5.32 Å². The van der Waals surface area contributed by atoms with Crippen molar-refractivity contribution in [1.29, 1.82) is 0 Å². The zero-order valence-electron chi connectivity index (χ0n) is 25.0. The van der Waals surface area contributed by atoms with Gasteiger partial charge in [0.1, 0.15) is 11.9 Å². The summed E-state index contributed by atoms with van der Waals surface area (Å²) in [6, 6.07) is 3.23. The van der Waals surface area contributed by atoms with Crippen molar-refractivity contribution in [3.8, 4) is 0 Å². The second kappa shape index (κ2) is 11.8. The number of nitrogens with one attached hydrogen (secondary N) is 1. The van der Waals surface area contributed by atoms with Gasteiger partial charge in [0.05, 0.1) is 10.6 Å². The molecule has 0 spiro atoms.